The predicted octanol–water partition coefficient (Wildman–Crippen LogP) is 1.16. The van der Waals surface area contributed by atoms with E-state index in [1.807, 2.05) is 20.8 Å². The molecule has 1 aliphatic rings. The first-order valence-corrected chi connectivity index (χ1v) is 4.96. The molecular formula is C11H17NO3. The van der Waals surface area contributed by atoms with Gasteiger partial charge in [-0.3, -0.25) is 0 Å². The molecule has 0 aliphatic carbocycles. The van der Waals surface area contributed by atoms with Gasteiger partial charge in [-0.1, -0.05) is 5.92 Å². The van der Waals surface area contributed by atoms with E-state index in [2.05, 4.69) is 11.2 Å². The first-order valence-electron chi connectivity index (χ1n) is 4.96. The Morgan fingerprint density at radius 3 is 2.73 bits per heavy atom. The number of nitrogens with one attached hydrogen (secondary N) is 1. The van der Waals surface area contributed by atoms with Crippen molar-refractivity contribution in [2.24, 2.45) is 5.92 Å². The lowest BCUT2D eigenvalue weighted by Crippen LogP contribution is -2.42. The summed E-state index contributed by atoms with van der Waals surface area (Å²) in [6, 6.07) is -0.134. The summed E-state index contributed by atoms with van der Waals surface area (Å²) in [7, 11) is 0. The highest BCUT2D eigenvalue weighted by molar-refractivity contribution is 5.68. The lowest BCUT2D eigenvalue weighted by molar-refractivity contribution is 0.0495. The fraction of sp³-hybridized carbons (Fsp3) is 0.727. The van der Waals surface area contributed by atoms with Gasteiger partial charge in [-0.2, -0.15) is 0 Å². The maximum Gasteiger partial charge on any atom is 0.407 e. The second-order valence-electron chi connectivity index (χ2n) is 4.56. The van der Waals surface area contributed by atoms with Crippen LogP contribution in [-0.4, -0.2) is 30.9 Å². The van der Waals surface area contributed by atoms with Crippen LogP contribution in [0.2, 0.25) is 0 Å². The first kappa shape index (κ1) is 11.9. The van der Waals surface area contributed by atoms with Crippen LogP contribution in [0.4, 0.5) is 4.79 Å². The van der Waals surface area contributed by atoms with Crippen LogP contribution in [0.1, 0.15) is 20.8 Å². The summed E-state index contributed by atoms with van der Waals surface area (Å²) in [5, 5.41) is 2.71. The van der Waals surface area contributed by atoms with Gasteiger partial charge in [0.2, 0.25) is 0 Å². The molecule has 0 unspecified atom stereocenters. The number of alkyl carbamates (subject to hydrolysis) is 1. The number of hydrogen-bond donors (Lipinski definition) is 1. The molecule has 0 spiro atoms. The van der Waals surface area contributed by atoms with E-state index in [9.17, 15) is 4.79 Å². The molecule has 1 amide bonds. The van der Waals surface area contributed by atoms with Crippen LogP contribution in [0.3, 0.4) is 0 Å². The number of ether oxygens (including phenoxy) is 2. The van der Waals surface area contributed by atoms with Gasteiger partial charge in [-0.15, -0.1) is 6.42 Å². The van der Waals surface area contributed by atoms with Crippen LogP contribution >= 0.6 is 0 Å². The van der Waals surface area contributed by atoms with Gasteiger partial charge < -0.3 is 14.8 Å². The lowest BCUT2D eigenvalue weighted by Gasteiger charge is -2.22. The molecule has 1 saturated heterocycles. The number of amides is 1. The molecule has 0 radical (unpaired) electrons. The van der Waals surface area contributed by atoms with Crippen molar-refractivity contribution < 1.29 is 14.3 Å². The van der Waals surface area contributed by atoms with Gasteiger partial charge in [-0.25, -0.2) is 4.79 Å². The maximum atomic E-state index is 11.4. The normalized spacial score (nSPS) is 25.7. The largest absolute Gasteiger partial charge is 0.444 e. The fourth-order valence-corrected chi connectivity index (χ4v) is 1.32. The molecule has 0 aromatic heterocycles. The minimum Gasteiger partial charge on any atom is -0.444 e. The molecule has 15 heavy (non-hydrogen) atoms. The third kappa shape index (κ3) is 3.80. The minimum atomic E-state index is -0.491. The monoisotopic (exact) mass is 211 g/mol. The Balaban J connectivity index is 2.42. The Bertz CT molecular complexity index is 275. The molecule has 1 N–H and O–H groups in total. The van der Waals surface area contributed by atoms with Crippen LogP contribution < -0.4 is 5.32 Å². The number of hydrogen-bond acceptors (Lipinski definition) is 3. The van der Waals surface area contributed by atoms with Crippen molar-refractivity contribution in [3.05, 3.63) is 0 Å². The Hall–Kier alpha value is -1.21. The van der Waals surface area contributed by atoms with E-state index in [1.54, 1.807) is 0 Å². The van der Waals surface area contributed by atoms with Crippen LogP contribution in [0, 0.1) is 18.3 Å². The highest BCUT2D eigenvalue weighted by Gasteiger charge is 2.29. The second-order valence-corrected chi connectivity index (χ2v) is 4.56. The molecule has 84 valence electrons. The predicted molar refractivity (Wildman–Crippen MR) is 56.3 cm³/mol. The van der Waals surface area contributed by atoms with E-state index in [0.29, 0.717) is 13.2 Å². The molecule has 1 rings (SSSR count). The zero-order valence-electron chi connectivity index (χ0n) is 9.37. The molecule has 1 heterocycles. The van der Waals surface area contributed by atoms with Gasteiger partial charge in [0, 0.05) is 0 Å². The van der Waals surface area contributed by atoms with Gasteiger partial charge in [0.25, 0.3) is 0 Å². The highest BCUT2D eigenvalue weighted by atomic mass is 16.6. The molecule has 4 heteroatoms. The SMILES string of the molecule is C#C[C@@H]1COC[C@H]1NC(=O)OC(C)(C)C. The van der Waals surface area contributed by atoms with Gasteiger partial charge in [0.1, 0.15) is 5.60 Å². The standard InChI is InChI=1S/C11H17NO3/c1-5-8-6-14-7-9(8)12-10(13)15-11(2,3)4/h1,8-9H,6-7H2,2-4H3,(H,12,13)/t8-,9-/m1/s1. The Morgan fingerprint density at radius 1 is 1.53 bits per heavy atom. The third-order valence-corrected chi connectivity index (χ3v) is 2.00. The van der Waals surface area contributed by atoms with E-state index < -0.39 is 11.7 Å². The van der Waals surface area contributed by atoms with Gasteiger partial charge in [0.05, 0.1) is 25.2 Å². The summed E-state index contributed by atoms with van der Waals surface area (Å²) in [5.74, 6) is 2.53. The lowest BCUT2D eigenvalue weighted by atomic mass is 10.1. The molecule has 2 atom stereocenters. The van der Waals surface area contributed by atoms with Crippen LogP contribution in [0.15, 0.2) is 0 Å². The van der Waals surface area contributed by atoms with Gasteiger partial charge >= 0.3 is 6.09 Å². The molecule has 4 nitrogen and oxygen atoms in total. The fourth-order valence-electron chi connectivity index (χ4n) is 1.32. The zero-order valence-corrected chi connectivity index (χ0v) is 9.37. The van der Waals surface area contributed by atoms with Crippen LogP contribution in [0.25, 0.3) is 0 Å². The van der Waals surface area contributed by atoms with E-state index in [4.69, 9.17) is 15.9 Å². The molecule has 0 saturated carbocycles. The Kier molecular flexibility index (Phi) is 3.59. The van der Waals surface area contributed by atoms with Crippen LogP contribution in [-0.2, 0) is 9.47 Å². The van der Waals surface area contributed by atoms with Gasteiger partial charge in [-0.05, 0) is 20.8 Å². The summed E-state index contributed by atoms with van der Waals surface area (Å²) < 4.78 is 10.3. The Labute approximate surface area is 90.3 Å². The summed E-state index contributed by atoms with van der Waals surface area (Å²) in [6.45, 7) is 6.40. The highest BCUT2D eigenvalue weighted by Crippen LogP contribution is 2.13. The van der Waals surface area contributed by atoms with Crippen molar-refractivity contribution in [3.63, 3.8) is 0 Å². The summed E-state index contributed by atoms with van der Waals surface area (Å²) in [6.07, 6.45) is 4.86. The van der Waals surface area contributed by atoms with E-state index in [0.717, 1.165) is 0 Å². The summed E-state index contributed by atoms with van der Waals surface area (Å²) in [5.41, 5.74) is -0.491. The number of rotatable bonds is 1. The number of terminal acetylenes is 1. The smallest absolute Gasteiger partial charge is 0.407 e. The van der Waals surface area contributed by atoms with Crippen molar-refractivity contribution >= 4 is 6.09 Å². The van der Waals surface area contributed by atoms with Gasteiger partial charge in [0.15, 0.2) is 0 Å². The quantitative estimate of drug-likeness (QED) is 0.662. The second kappa shape index (κ2) is 4.54. The topological polar surface area (TPSA) is 47.6 Å². The zero-order chi connectivity index (χ0) is 11.5. The number of carbonyl (C=O) groups is 1. The molecule has 0 aromatic rings. The number of carbonyl (C=O) groups excluding carboxylic acids is 1. The van der Waals surface area contributed by atoms with Crippen molar-refractivity contribution in [3.8, 4) is 12.3 Å². The van der Waals surface area contributed by atoms with Crippen molar-refractivity contribution in [2.75, 3.05) is 13.2 Å². The van der Waals surface area contributed by atoms with E-state index in [1.165, 1.54) is 0 Å². The van der Waals surface area contributed by atoms with E-state index >= 15 is 0 Å². The van der Waals surface area contributed by atoms with Crippen molar-refractivity contribution in [2.45, 2.75) is 32.4 Å². The molecule has 1 fully saturated rings. The summed E-state index contributed by atoms with van der Waals surface area (Å²) >= 11 is 0. The minimum absolute atomic E-state index is 0.0579. The molecule has 1 aliphatic heterocycles. The van der Waals surface area contributed by atoms with E-state index in [-0.39, 0.29) is 12.0 Å². The van der Waals surface area contributed by atoms with Crippen LogP contribution in [0.5, 0.6) is 0 Å². The average Bonchev–Trinajstić information content (AvgIpc) is 2.48. The molecular weight excluding hydrogens is 194 g/mol. The first-order chi connectivity index (χ1) is 6.92. The molecule has 0 aromatic carbocycles. The Morgan fingerprint density at radius 2 is 2.20 bits per heavy atom. The third-order valence-electron chi connectivity index (χ3n) is 2.00. The molecule has 0 bridgehead atoms. The maximum absolute atomic E-state index is 11.4. The van der Waals surface area contributed by atoms with Crippen molar-refractivity contribution in [1.29, 1.82) is 0 Å². The average molecular weight is 211 g/mol. The van der Waals surface area contributed by atoms with Crippen molar-refractivity contribution in [1.82, 2.24) is 5.32 Å². The summed E-state index contributed by atoms with van der Waals surface area (Å²) in [4.78, 5) is 11.4.